The van der Waals surface area contributed by atoms with Gasteiger partial charge in [-0.15, -0.1) is 0 Å². The van der Waals surface area contributed by atoms with Crippen LogP contribution in [0.2, 0.25) is 0 Å². The number of piperidine rings is 1. The van der Waals surface area contributed by atoms with Gasteiger partial charge >= 0.3 is 5.97 Å². The fourth-order valence-corrected chi connectivity index (χ4v) is 2.81. The first-order valence-corrected chi connectivity index (χ1v) is 6.75. The van der Waals surface area contributed by atoms with Gasteiger partial charge in [0.05, 0.1) is 0 Å². The van der Waals surface area contributed by atoms with Crippen LogP contribution in [-0.2, 0) is 0 Å². The maximum absolute atomic E-state index is 11.6. The van der Waals surface area contributed by atoms with Crippen LogP contribution >= 0.6 is 0 Å². The second-order valence-corrected chi connectivity index (χ2v) is 5.37. The molecular weight excluding hydrogens is 240 g/mol. The SMILES string of the molecule is CC1CCN(c2[nH]c3ccccc3c2C(=O)O)CC1. The number of fused-ring (bicyclic) bond motifs is 1. The zero-order chi connectivity index (χ0) is 13.4. The lowest BCUT2D eigenvalue weighted by atomic mass is 9.99. The van der Waals surface area contributed by atoms with E-state index in [1.807, 2.05) is 24.3 Å². The lowest BCUT2D eigenvalue weighted by molar-refractivity contribution is 0.0699. The van der Waals surface area contributed by atoms with E-state index in [0.717, 1.165) is 48.6 Å². The van der Waals surface area contributed by atoms with E-state index in [1.165, 1.54) is 0 Å². The van der Waals surface area contributed by atoms with E-state index >= 15 is 0 Å². The molecule has 1 fully saturated rings. The van der Waals surface area contributed by atoms with Crippen molar-refractivity contribution in [3.63, 3.8) is 0 Å². The molecule has 2 heterocycles. The second-order valence-electron chi connectivity index (χ2n) is 5.37. The Bertz CT molecular complexity index is 610. The number of hydrogen-bond acceptors (Lipinski definition) is 2. The summed E-state index contributed by atoms with van der Waals surface area (Å²) in [6.45, 7) is 4.10. The van der Waals surface area contributed by atoms with Crippen molar-refractivity contribution in [1.29, 1.82) is 0 Å². The smallest absolute Gasteiger partial charge is 0.340 e. The van der Waals surface area contributed by atoms with E-state index in [2.05, 4.69) is 16.8 Å². The molecule has 4 nitrogen and oxygen atoms in total. The van der Waals surface area contributed by atoms with E-state index < -0.39 is 5.97 Å². The van der Waals surface area contributed by atoms with E-state index in [9.17, 15) is 9.90 Å². The number of nitrogens with one attached hydrogen (secondary N) is 1. The molecule has 3 rings (SSSR count). The third kappa shape index (κ3) is 2.07. The zero-order valence-electron chi connectivity index (χ0n) is 11.0. The van der Waals surface area contributed by atoms with Crippen LogP contribution in [0.5, 0.6) is 0 Å². The van der Waals surface area contributed by atoms with Gasteiger partial charge in [-0.1, -0.05) is 25.1 Å². The quantitative estimate of drug-likeness (QED) is 0.870. The van der Waals surface area contributed by atoms with Crippen molar-refractivity contribution in [2.24, 2.45) is 5.92 Å². The van der Waals surface area contributed by atoms with Crippen LogP contribution in [0.15, 0.2) is 24.3 Å². The van der Waals surface area contributed by atoms with E-state index in [-0.39, 0.29) is 0 Å². The molecule has 0 unspecified atom stereocenters. The zero-order valence-corrected chi connectivity index (χ0v) is 11.0. The molecule has 0 spiro atoms. The van der Waals surface area contributed by atoms with Crippen LogP contribution in [-0.4, -0.2) is 29.1 Å². The Hall–Kier alpha value is -1.97. The number of para-hydroxylation sites is 1. The number of aromatic nitrogens is 1. The number of anilines is 1. The van der Waals surface area contributed by atoms with Crippen molar-refractivity contribution in [2.75, 3.05) is 18.0 Å². The first-order chi connectivity index (χ1) is 9.16. The molecule has 0 aliphatic carbocycles. The number of aromatic amines is 1. The minimum Gasteiger partial charge on any atom is -0.478 e. The van der Waals surface area contributed by atoms with Crippen LogP contribution in [0.3, 0.4) is 0 Å². The maximum atomic E-state index is 11.6. The Labute approximate surface area is 112 Å². The summed E-state index contributed by atoms with van der Waals surface area (Å²) >= 11 is 0. The third-order valence-corrected chi connectivity index (χ3v) is 4.00. The van der Waals surface area contributed by atoms with Gasteiger partial charge < -0.3 is 15.0 Å². The van der Waals surface area contributed by atoms with Gasteiger partial charge in [-0.05, 0) is 24.8 Å². The fraction of sp³-hybridized carbons (Fsp3) is 0.400. The average molecular weight is 258 g/mol. The minimum absolute atomic E-state index is 0.408. The second kappa shape index (κ2) is 4.61. The monoisotopic (exact) mass is 258 g/mol. The molecule has 4 heteroatoms. The van der Waals surface area contributed by atoms with Gasteiger partial charge in [0.2, 0.25) is 0 Å². The maximum Gasteiger partial charge on any atom is 0.340 e. The van der Waals surface area contributed by atoms with Crippen LogP contribution in [0.1, 0.15) is 30.1 Å². The molecule has 0 radical (unpaired) electrons. The van der Waals surface area contributed by atoms with Crippen molar-refractivity contribution >= 4 is 22.7 Å². The first-order valence-electron chi connectivity index (χ1n) is 6.75. The fourth-order valence-electron chi connectivity index (χ4n) is 2.81. The number of carbonyl (C=O) groups is 1. The number of carboxylic acids is 1. The van der Waals surface area contributed by atoms with Gasteiger partial charge in [-0.2, -0.15) is 0 Å². The first kappa shape index (κ1) is 12.1. The summed E-state index contributed by atoms with van der Waals surface area (Å²) in [6, 6.07) is 7.60. The molecule has 1 aliphatic rings. The van der Waals surface area contributed by atoms with Crippen molar-refractivity contribution in [3.8, 4) is 0 Å². The summed E-state index contributed by atoms with van der Waals surface area (Å²) in [5.74, 6) is 0.639. The van der Waals surface area contributed by atoms with Gasteiger partial charge in [0.1, 0.15) is 11.4 Å². The summed E-state index contributed by atoms with van der Waals surface area (Å²) in [4.78, 5) is 17.0. The van der Waals surface area contributed by atoms with Gasteiger partial charge in [-0.25, -0.2) is 4.79 Å². The predicted octanol–water partition coefficient (Wildman–Crippen LogP) is 3.10. The largest absolute Gasteiger partial charge is 0.478 e. The molecule has 0 saturated carbocycles. The molecule has 1 saturated heterocycles. The van der Waals surface area contributed by atoms with Gasteiger partial charge in [0, 0.05) is 24.0 Å². The molecule has 0 atom stereocenters. The lowest BCUT2D eigenvalue weighted by Crippen LogP contribution is -2.33. The molecule has 19 heavy (non-hydrogen) atoms. The number of hydrogen-bond donors (Lipinski definition) is 2. The molecule has 2 N–H and O–H groups in total. The molecule has 1 aliphatic heterocycles. The summed E-state index contributed by atoms with van der Waals surface area (Å²) in [5, 5.41) is 10.3. The highest BCUT2D eigenvalue weighted by Gasteiger charge is 2.24. The van der Waals surface area contributed by atoms with Crippen LogP contribution in [0.4, 0.5) is 5.82 Å². The van der Waals surface area contributed by atoms with Crippen molar-refractivity contribution in [2.45, 2.75) is 19.8 Å². The van der Waals surface area contributed by atoms with Crippen LogP contribution < -0.4 is 4.90 Å². The number of aromatic carboxylic acids is 1. The Kier molecular flexibility index (Phi) is 2.93. The van der Waals surface area contributed by atoms with E-state index in [0.29, 0.717) is 5.56 Å². The number of benzene rings is 1. The van der Waals surface area contributed by atoms with Crippen molar-refractivity contribution in [3.05, 3.63) is 29.8 Å². The summed E-state index contributed by atoms with van der Waals surface area (Å²) in [7, 11) is 0. The third-order valence-electron chi connectivity index (χ3n) is 4.00. The lowest BCUT2D eigenvalue weighted by Gasteiger charge is -2.31. The average Bonchev–Trinajstić information content (AvgIpc) is 2.78. The van der Waals surface area contributed by atoms with E-state index in [4.69, 9.17) is 0 Å². The molecule has 1 aromatic heterocycles. The summed E-state index contributed by atoms with van der Waals surface area (Å²) in [6.07, 6.45) is 2.24. The van der Waals surface area contributed by atoms with Crippen LogP contribution in [0.25, 0.3) is 10.9 Å². The number of rotatable bonds is 2. The number of carboxylic acid groups (broad SMARTS) is 1. The minimum atomic E-state index is -0.855. The highest BCUT2D eigenvalue weighted by molar-refractivity contribution is 6.08. The predicted molar refractivity (Wildman–Crippen MR) is 75.9 cm³/mol. The normalized spacial score (nSPS) is 17.0. The van der Waals surface area contributed by atoms with Gasteiger partial charge in [0.25, 0.3) is 0 Å². The molecule has 0 bridgehead atoms. The Morgan fingerprint density at radius 3 is 2.68 bits per heavy atom. The Morgan fingerprint density at radius 2 is 2.00 bits per heavy atom. The number of H-pyrrole nitrogens is 1. The standard InChI is InChI=1S/C15H18N2O2/c1-10-6-8-17(9-7-10)14-13(15(18)19)11-4-2-3-5-12(11)16-14/h2-5,10,16H,6-9H2,1H3,(H,18,19). The molecular formula is C15H18N2O2. The summed E-state index contributed by atoms with van der Waals surface area (Å²) < 4.78 is 0. The Morgan fingerprint density at radius 1 is 1.32 bits per heavy atom. The van der Waals surface area contributed by atoms with Crippen molar-refractivity contribution in [1.82, 2.24) is 4.98 Å². The highest BCUT2D eigenvalue weighted by atomic mass is 16.4. The van der Waals surface area contributed by atoms with Crippen molar-refractivity contribution < 1.29 is 9.90 Å². The topological polar surface area (TPSA) is 56.3 Å². The Balaban J connectivity index is 2.07. The van der Waals surface area contributed by atoms with Crippen LogP contribution in [0, 0.1) is 5.92 Å². The number of nitrogens with zero attached hydrogens (tertiary/aromatic N) is 1. The van der Waals surface area contributed by atoms with Gasteiger partial charge in [-0.3, -0.25) is 0 Å². The summed E-state index contributed by atoms with van der Waals surface area (Å²) in [5.41, 5.74) is 1.30. The molecule has 0 amide bonds. The molecule has 2 aromatic rings. The molecule has 1 aromatic carbocycles. The van der Waals surface area contributed by atoms with E-state index in [1.54, 1.807) is 0 Å². The molecule has 100 valence electrons. The highest BCUT2D eigenvalue weighted by Crippen LogP contribution is 2.31. The van der Waals surface area contributed by atoms with Gasteiger partial charge in [0.15, 0.2) is 0 Å².